The van der Waals surface area contributed by atoms with Crippen LogP contribution < -0.4 is 9.64 Å². The summed E-state index contributed by atoms with van der Waals surface area (Å²) in [6.45, 7) is 4.77. The van der Waals surface area contributed by atoms with Crippen molar-refractivity contribution in [3.05, 3.63) is 48.5 Å². The van der Waals surface area contributed by atoms with Crippen LogP contribution in [0.2, 0.25) is 0 Å². The molecule has 1 aliphatic heterocycles. The van der Waals surface area contributed by atoms with Crippen molar-refractivity contribution in [1.82, 2.24) is 9.29 Å². The first-order valence-electron chi connectivity index (χ1n) is 8.91. The number of piperazine rings is 1. The van der Waals surface area contributed by atoms with Crippen LogP contribution in [0, 0.1) is 0 Å². The molecule has 0 amide bonds. The Morgan fingerprint density at radius 1 is 1.07 bits per heavy atom. The Bertz CT molecular complexity index is 1030. The molecule has 3 aromatic rings. The number of hydrogen-bond acceptors (Lipinski definition) is 6. The zero-order chi connectivity index (χ0) is 18.9. The Morgan fingerprint density at radius 2 is 1.81 bits per heavy atom. The van der Waals surface area contributed by atoms with Crippen molar-refractivity contribution in [2.24, 2.45) is 0 Å². The Morgan fingerprint density at radius 3 is 2.52 bits per heavy atom. The van der Waals surface area contributed by atoms with Gasteiger partial charge in [0.1, 0.15) is 5.75 Å². The van der Waals surface area contributed by atoms with Crippen molar-refractivity contribution >= 4 is 36.7 Å². The fourth-order valence-corrected chi connectivity index (χ4v) is 5.63. The highest BCUT2D eigenvalue weighted by Gasteiger charge is 2.29. The summed E-state index contributed by atoms with van der Waals surface area (Å²) in [5.74, 6) is 0.846. The number of rotatable bonds is 5. The van der Waals surface area contributed by atoms with Crippen LogP contribution in [-0.2, 0) is 10.0 Å². The molecular weight excluding hydrogens is 382 g/mol. The van der Waals surface area contributed by atoms with E-state index in [2.05, 4.69) is 4.90 Å². The van der Waals surface area contributed by atoms with Gasteiger partial charge in [0.2, 0.25) is 10.0 Å². The van der Waals surface area contributed by atoms with Crippen LogP contribution >= 0.6 is 11.3 Å². The summed E-state index contributed by atoms with van der Waals surface area (Å²) >= 11 is 1.62. The summed E-state index contributed by atoms with van der Waals surface area (Å²) in [6, 6.07) is 14.5. The number of thiazole rings is 1. The van der Waals surface area contributed by atoms with Crippen LogP contribution in [0.25, 0.3) is 10.2 Å². The molecule has 0 bridgehead atoms. The molecule has 0 saturated carbocycles. The normalized spacial score (nSPS) is 16.0. The van der Waals surface area contributed by atoms with E-state index in [1.165, 1.54) is 0 Å². The van der Waals surface area contributed by atoms with Gasteiger partial charge in [0, 0.05) is 26.2 Å². The van der Waals surface area contributed by atoms with E-state index in [0.29, 0.717) is 37.7 Å². The maximum atomic E-state index is 12.8. The number of hydrogen-bond donors (Lipinski definition) is 0. The molecule has 4 rings (SSSR count). The van der Waals surface area contributed by atoms with Crippen molar-refractivity contribution in [3.8, 4) is 5.75 Å². The maximum absolute atomic E-state index is 12.8. The molecule has 0 atom stereocenters. The minimum absolute atomic E-state index is 0.349. The summed E-state index contributed by atoms with van der Waals surface area (Å²) in [4.78, 5) is 7.21. The van der Waals surface area contributed by atoms with Crippen molar-refractivity contribution in [1.29, 1.82) is 0 Å². The smallest absolute Gasteiger partial charge is 0.243 e. The van der Waals surface area contributed by atoms with Crippen molar-refractivity contribution in [2.45, 2.75) is 11.8 Å². The van der Waals surface area contributed by atoms with Gasteiger partial charge in [0.15, 0.2) is 5.13 Å². The molecule has 2 aromatic carbocycles. The Labute approximate surface area is 163 Å². The molecule has 2 heterocycles. The predicted molar refractivity (Wildman–Crippen MR) is 108 cm³/mol. The fraction of sp³-hybridized carbons (Fsp3) is 0.316. The molecule has 0 aliphatic carbocycles. The first-order chi connectivity index (χ1) is 13.1. The minimum atomic E-state index is -3.43. The molecule has 6 nitrogen and oxygen atoms in total. The highest BCUT2D eigenvalue weighted by molar-refractivity contribution is 7.89. The molecular formula is C19H21N3O3S2. The molecule has 0 N–H and O–H groups in total. The lowest BCUT2D eigenvalue weighted by molar-refractivity contribution is 0.341. The third kappa shape index (κ3) is 3.65. The van der Waals surface area contributed by atoms with Crippen LogP contribution in [0.15, 0.2) is 53.4 Å². The summed E-state index contributed by atoms with van der Waals surface area (Å²) in [6.07, 6.45) is 0. The van der Waals surface area contributed by atoms with Crippen LogP contribution in [0.4, 0.5) is 5.13 Å². The van der Waals surface area contributed by atoms with Gasteiger partial charge in [-0.2, -0.15) is 4.31 Å². The second-order valence-corrected chi connectivity index (χ2v) is 9.21. The van der Waals surface area contributed by atoms with E-state index >= 15 is 0 Å². The molecule has 27 heavy (non-hydrogen) atoms. The molecule has 142 valence electrons. The Kier molecular flexibility index (Phi) is 5.03. The van der Waals surface area contributed by atoms with Crippen LogP contribution in [0.5, 0.6) is 5.75 Å². The average Bonchev–Trinajstić information content (AvgIpc) is 3.12. The molecule has 1 fully saturated rings. The van der Waals surface area contributed by atoms with E-state index in [9.17, 15) is 8.42 Å². The minimum Gasteiger partial charge on any atom is -0.494 e. The third-order valence-corrected chi connectivity index (χ3v) is 7.54. The lowest BCUT2D eigenvalue weighted by Crippen LogP contribution is -2.48. The fourth-order valence-electron chi connectivity index (χ4n) is 3.15. The first-order valence-corrected chi connectivity index (χ1v) is 11.2. The molecule has 8 heteroatoms. The van der Waals surface area contributed by atoms with E-state index in [1.54, 1.807) is 39.9 Å². The third-order valence-electron chi connectivity index (χ3n) is 4.55. The molecule has 0 spiro atoms. The Balaban J connectivity index is 1.48. The zero-order valence-corrected chi connectivity index (χ0v) is 16.7. The summed E-state index contributed by atoms with van der Waals surface area (Å²) < 4.78 is 33.7. The average molecular weight is 404 g/mol. The lowest BCUT2D eigenvalue weighted by atomic mass is 10.3. The molecule has 1 aromatic heterocycles. The van der Waals surface area contributed by atoms with Gasteiger partial charge in [-0.15, -0.1) is 0 Å². The highest BCUT2D eigenvalue weighted by atomic mass is 32.2. The summed E-state index contributed by atoms with van der Waals surface area (Å²) in [7, 11) is -3.43. The molecule has 0 radical (unpaired) electrons. The number of anilines is 1. The highest BCUT2D eigenvalue weighted by Crippen LogP contribution is 2.32. The van der Waals surface area contributed by atoms with E-state index in [0.717, 1.165) is 21.1 Å². The molecule has 1 saturated heterocycles. The largest absolute Gasteiger partial charge is 0.494 e. The topological polar surface area (TPSA) is 62.7 Å². The quantitative estimate of drug-likeness (QED) is 0.655. The van der Waals surface area contributed by atoms with Crippen LogP contribution in [-0.4, -0.2) is 50.5 Å². The van der Waals surface area contributed by atoms with Crippen LogP contribution in [0.3, 0.4) is 0 Å². The van der Waals surface area contributed by atoms with E-state index in [-0.39, 0.29) is 0 Å². The van der Waals surface area contributed by atoms with Gasteiger partial charge in [-0.05, 0) is 37.3 Å². The SMILES string of the molecule is CCOc1ccc2nc(N3CCN(S(=O)(=O)c4ccccc4)CC3)sc2c1. The number of nitrogens with zero attached hydrogens (tertiary/aromatic N) is 3. The second kappa shape index (κ2) is 7.46. The molecule has 0 unspecified atom stereocenters. The standard InChI is InChI=1S/C19H21N3O3S2/c1-2-25-15-8-9-17-18(14-15)26-19(20-17)21-10-12-22(13-11-21)27(23,24)16-6-4-3-5-7-16/h3-9,14H,2,10-13H2,1H3. The predicted octanol–water partition coefficient (Wildman–Crippen LogP) is 3.21. The van der Waals surface area contributed by atoms with Crippen molar-refractivity contribution in [3.63, 3.8) is 0 Å². The van der Waals surface area contributed by atoms with Gasteiger partial charge in [0.05, 0.1) is 21.7 Å². The summed E-state index contributed by atoms with van der Waals surface area (Å²) in [5, 5.41) is 0.926. The van der Waals surface area contributed by atoms with Gasteiger partial charge in [-0.1, -0.05) is 29.5 Å². The van der Waals surface area contributed by atoms with E-state index < -0.39 is 10.0 Å². The monoisotopic (exact) mass is 403 g/mol. The van der Waals surface area contributed by atoms with Gasteiger partial charge in [0.25, 0.3) is 0 Å². The number of aromatic nitrogens is 1. The van der Waals surface area contributed by atoms with Crippen LogP contribution in [0.1, 0.15) is 6.92 Å². The zero-order valence-electron chi connectivity index (χ0n) is 15.0. The number of benzene rings is 2. The second-order valence-electron chi connectivity index (χ2n) is 6.26. The van der Waals surface area contributed by atoms with Gasteiger partial charge < -0.3 is 9.64 Å². The lowest BCUT2D eigenvalue weighted by Gasteiger charge is -2.33. The van der Waals surface area contributed by atoms with Gasteiger partial charge in [-0.25, -0.2) is 13.4 Å². The maximum Gasteiger partial charge on any atom is 0.243 e. The number of fused-ring (bicyclic) bond motifs is 1. The van der Waals surface area contributed by atoms with Gasteiger partial charge in [-0.3, -0.25) is 0 Å². The van der Waals surface area contributed by atoms with E-state index in [1.807, 2.05) is 31.2 Å². The Hall–Kier alpha value is -2.16. The summed E-state index contributed by atoms with van der Waals surface area (Å²) in [5.41, 5.74) is 0.942. The number of sulfonamides is 1. The van der Waals surface area contributed by atoms with Crippen molar-refractivity contribution < 1.29 is 13.2 Å². The van der Waals surface area contributed by atoms with Gasteiger partial charge >= 0.3 is 0 Å². The number of ether oxygens (including phenoxy) is 1. The molecule has 1 aliphatic rings. The first kappa shape index (κ1) is 18.2. The van der Waals surface area contributed by atoms with E-state index in [4.69, 9.17) is 9.72 Å². The van der Waals surface area contributed by atoms with Crippen molar-refractivity contribution in [2.75, 3.05) is 37.7 Å².